The van der Waals surface area contributed by atoms with Crippen LogP contribution in [0, 0.1) is 25.7 Å². The van der Waals surface area contributed by atoms with Gasteiger partial charge in [-0.3, -0.25) is 14.2 Å². The van der Waals surface area contributed by atoms with Gasteiger partial charge in [0.25, 0.3) is 0 Å². The molecule has 2 saturated carbocycles. The van der Waals surface area contributed by atoms with Crippen LogP contribution in [0.25, 0.3) is 0 Å². The van der Waals surface area contributed by atoms with Gasteiger partial charge in [-0.1, -0.05) is 6.07 Å². The highest BCUT2D eigenvalue weighted by atomic mass is 32.2. The number of rotatable bonds is 18. The van der Waals surface area contributed by atoms with Gasteiger partial charge in [0.2, 0.25) is 10.0 Å². The maximum Gasteiger partial charge on any atom is 0.387 e. The second-order valence-electron chi connectivity index (χ2n) is 13.9. The first-order valence-corrected chi connectivity index (χ1v) is 19.7. The number of benzene rings is 2. The lowest BCUT2D eigenvalue weighted by molar-refractivity contribution is -0.0515. The lowest BCUT2D eigenvalue weighted by Gasteiger charge is -2.27. The molecule has 2 aliphatic carbocycles. The van der Waals surface area contributed by atoms with Gasteiger partial charge in [-0.15, -0.1) is 0 Å². The number of esters is 1. The highest BCUT2D eigenvalue weighted by Gasteiger charge is 2.31. The van der Waals surface area contributed by atoms with Gasteiger partial charge in [0, 0.05) is 45.0 Å². The standard InChI is InChI=1S/C38H47F2N3O8S/c1-25-21-41-22-26(2)31(25)20-35(29-8-10-34(51-38(39)40)36(18-29)49-24-28-6-7-28)50-37(44)32-19-30(43(52(3,45)46)23-27-4-5-27)9-11-33(32)48-17-14-42-12-15-47-16-13-42/h8-11,18-19,21-22,27-28,35,38H,4-7,12-17,20,23-24H2,1-3H3/t35-/m0/s1. The number of ether oxygens (including phenoxy) is 5. The number of hydrogen-bond acceptors (Lipinski definition) is 10. The van der Waals surface area contributed by atoms with Crippen molar-refractivity contribution < 1.29 is 45.7 Å². The van der Waals surface area contributed by atoms with Crippen molar-refractivity contribution in [1.82, 2.24) is 9.88 Å². The summed E-state index contributed by atoms with van der Waals surface area (Å²) in [5.41, 5.74) is 3.60. The van der Waals surface area contributed by atoms with E-state index in [4.69, 9.17) is 23.7 Å². The maximum atomic E-state index is 14.4. The third-order valence-corrected chi connectivity index (χ3v) is 10.8. The molecular weight excluding hydrogens is 696 g/mol. The Labute approximate surface area is 304 Å². The Morgan fingerprint density at radius 2 is 1.65 bits per heavy atom. The van der Waals surface area contributed by atoms with Crippen molar-refractivity contribution in [2.45, 2.75) is 58.7 Å². The van der Waals surface area contributed by atoms with Crippen molar-refractivity contribution >= 4 is 21.7 Å². The van der Waals surface area contributed by atoms with Crippen molar-refractivity contribution in [3.8, 4) is 17.2 Å². The van der Waals surface area contributed by atoms with E-state index in [0.717, 1.165) is 61.7 Å². The van der Waals surface area contributed by atoms with Crippen molar-refractivity contribution in [2.75, 3.05) is 63.2 Å². The minimum Gasteiger partial charge on any atom is -0.491 e. The van der Waals surface area contributed by atoms with E-state index in [-0.39, 0.29) is 41.8 Å². The summed E-state index contributed by atoms with van der Waals surface area (Å²) < 4.78 is 82.6. The molecule has 1 atom stereocenters. The quantitative estimate of drug-likeness (QED) is 0.141. The van der Waals surface area contributed by atoms with E-state index in [0.29, 0.717) is 50.1 Å². The Kier molecular flexibility index (Phi) is 12.2. The smallest absolute Gasteiger partial charge is 0.387 e. The van der Waals surface area contributed by atoms with Crippen LogP contribution in [0.1, 0.15) is 64.4 Å². The van der Waals surface area contributed by atoms with E-state index in [1.165, 1.54) is 16.4 Å². The first-order chi connectivity index (χ1) is 24.9. The molecule has 3 fully saturated rings. The third kappa shape index (κ3) is 10.3. The first kappa shape index (κ1) is 37.7. The Bertz CT molecular complexity index is 1790. The predicted octanol–water partition coefficient (Wildman–Crippen LogP) is 6.12. The number of anilines is 1. The molecule has 1 saturated heterocycles. The van der Waals surface area contributed by atoms with Crippen LogP contribution < -0.4 is 18.5 Å². The minimum atomic E-state index is -3.66. The number of nitrogens with zero attached hydrogens (tertiary/aromatic N) is 3. The molecular formula is C38H47F2N3O8S. The lowest BCUT2D eigenvalue weighted by Crippen LogP contribution is -2.38. The molecule has 6 rings (SSSR count). The fourth-order valence-corrected chi connectivity index (χ4v) is 7.19. The number of carbonyl (C=O) groups is 1. The van der Waals surface area contributed by atoms with Gasteiger partial charge >= 0.3 is 12.6 Å². The molecule has 2 aromatic carbocycles. The van der Waals surface area contributed by atoms with Gasteiger partial charge in [0.05, 0.1) is 31.8 Å². The maximum absolute atomic E-state index is 14.4. The number of sulfonamides is 1. The van der Waals surface area contributed by atoms with Crippen molar-refractivity contribution in [3.63, 3.8) is 0 Å². The van der Waals surface area contributed by atoms with E-state index in [1.807, 2.05) is 13.8 Å². The zero-order valence-electron chi connectivity index (χ0n) is 29.9. The van der Waals surface area contributed by atoms with Gasteiger partial charge in [0.1, 0.15) is 24.0 Å². The van der Waals surface area contributed by atoms with E-state index >= 15 is 0 Å². The number of alkyl halides is 2. The SMILES string of the molecule is Cc1cncc(C)c1C[C@H](OC(=O)c1cc(N(CC2CC2)S(C)(=O)=O)ccc1OCCN1CCOCC1)c1ccc(OC(F)F)c(OCC2CC2)c1. The molecule has 0 unspecified atom stereocenters. The van der Waals surface area contributed by atoms with Crippen molar-refractivity contribution in [3.05, 3.63) is 76.6 Å². The molecule has 52 heavy (non-hydrogen) atoms. The van der Waals surface area contributed by atoms with Crippen LogP contribution >= 0.6 is 0 Å². The molecule has 3 aliphatic rings. The molecule has 1 aromatic heterocycles. The van der Waals surface area contributed by atoms with Gasteiger partial charge in [0.15, 0.2) is 11.5 Å². The van der Waals surface area contributed by atoms with Crippen LogP contribution in [0.15, 0.2) is 48.8 Å². The third-order valence-electron chi connectivity index (χ3n) is 9.62. The largest absolute Gasteiger partial charge is 0.491 e. The topological polar surface area (TPSA) is 117 Å². The van der Waals surface area contributed by atoms with Crippen molar-refractivity contribution in [1.29, 1.82) is 0 Å². The summed E-state index contributed by atoms with van der Waals surface area (Å²) in [6.07, 6.45) is 7.83. The second-order valence-corrected chi connectivity index (χ2v) is 15.8. The van der Waals surface area contributed by atoms with Crippen LogP contribution in [0.2, 0.25) is 0 Å². The molecule has 0 radical (unpaired) electrons. The number of morpholine rings is 1. The molecule has 0 spiro atoms. The molecule has 2 heterocycles. The zero-order valence-corrected chi connectivity index (χ0v) is 30.7. The Hall–Kier alpha value is -4.01. The van der Waals surface area contributed by atoms with Crippen LogP contribution in [-0.4, -0.2) is 89.7 Å². The summed E-state index contributed by atoms with van der Waals surface area (Å²) in [5, 5.41) is 0. The Balaban J connectivity index is 1.34. The number of halogens is 2. The van der Waals surface area contributed by atoms with Crippen LogP contribution in [0.5, 0.6) is 17.2 Å². The van der Waals surface area contributed by atoms with Gasteiger partial charge < -0.3 is 23.7 Å². The Morgan fingerprint density at radius 1 is 0.962 bits per heavy atom. The molecule has 0 N–H and O–H groups in total. The number of hydrogen-bond donors (Lipinski definition) is 0. The highest BCUT2D eigenvalue weighted by Crippen LogP contribution is 2.39. The monoisotopic (exact) mass is 743 g/mol. The van der Waals surface area contributed by atoms with Gasteiger partial charge in [-0.05, 0) is 104 Å². The number of aryl methyl sites for hydroxylation is 2. The van der Waals surface area contributed by atoms with E-state index < -0.39 is 28.7 Å². The summed E-state index contributed by atoms with van der Waals surface area (Å²) in [6.45, 7) is 5.14. The Morgan fingerprint density at radius 3 is 2.31 bits per heavy atom. The van der Waals surface area contributed by atoms with Crippen LogP contribution in [0.4, 0.5) is 14.5 Å². The first-order valence-electron chi connectivity index (χ1n) is 17.8. The van der Waals surface area contributed by atoms with E-state index in [2.05, 4.69) is 9.88 Å². The molecule has 3 aromatic rings. The molecule has 0 amide bonds. The predicted molar refractivity (Wildman–Crippen MR) is 191 cm³/mol. The fraction of sp³-hybridized carbons (Fsp3) is 0.526. The van der Waals surface area contributed by atoms with Crippen molar-refractivity contribution in [2.24, 2.45) is 11.8 Å². The summed E-state index contributed by atoms with van der Waals surface area (Å²) in [7, 11) is -3.66. The van der Waals surface area contributed by atoms with E-state index in [1.54, 1.807) is 36.7 Å². The second kappa shape index (κ2) is 16.8. The normalized spacial score (nSPS) is 17.1. The molecule has 11 nitrogen and oxygen atoms in total. The summed E-state index contributed by atoms with van der Waals surface area (Å²) in [5.74, 6) is 0.142. The average molecular weight is 744 g/mol. The lowest BCUT2D eigenvalue weighted by atomic mass is 9.96. The molecule has 14 heteroatoms. The highest BCUT2D eigenvalue weighted by molar-refractivity contribution is 7.92. The summed E-state index contributed by atoms with van der Waals surface area (Å²) in [6, 6.07) is 9.35. The zero-order chi connectivity index (χ0) is 36.8. The molecule has 0 bridgehead atoms. The fourth-order valence-electron chi connectivity index (χ4n) is 6.21. The van der Waals surface area contributed by atoms with Gasteiger partial charge in [-0.2, -0.15) is 8.78 Å². The number of aromatic nitrogens is 1. The average Bonchev–Trinajstić information content (AvgIpc) is 4.04. The van der Waals surface area contributed by atoms with E-state index in [9.17, 15) is 22.0 Å². The van der Waals surface area contributed by atoms with Gasteiger partial charge in [-0.25, -0.2) is 13.2 Å². The molecule has 282 valence electrons. The molecule has 1 aliphatic heterocycles. The van der Waals surface area contributed by atoms with Crippen LogP contribution in [-0.2, 0) is 25.9 Å². The number of pyridine rings is 1. The minimum absolute atomic E-state index is 0.0694. The summed E-state index contributed by atoms with van der Waals surface area (Å²) >= 11 is 0. The van der Waals surface area contributed by atoms with Crippen LogP contribution in [0.3, 0.4) is 0 Å². The number of carbonyl (C=O) groups excluding carboxylic acids is 1. The summed E-state index contributed by atoms with van der Waals surface area (Å²) in [4.78, 5) is 20.9.